The Hall–Kier alpha value is -1.36. The molecule has 1 heterocycles. The van der Waals surface area contributed by atoms with E-state index >= 15 is 0 Å². The highest BCUT2D eigenvalue weighted by atomic mass is 35.5. The van der Waals surface area contributed by atoms with Crippen molar-refractivity contribution in [3.8, 4) is 0 Å². The summed E-state index contributed by atoms with van der Waals surface area (Å²) in [5, 5.41) is 5.02. The van der Waals surface area contributed by atoms with Crippen LogP contribution in [-0.4, -0.2) is 20.8 Å². The van der Waals surface area contributed by atoms with Gasteiger partial charge in [-0.1, -0.05) is 17.7 Å². The molecule has 0 aromatic carbocycles. The fraction of sp³-hybridized carbons (Fsp3) is 0.455. The number of nitrogens with one attached hydrogen (secondary N) is 1. The average molecular weight is 258 g/mol. The number of aromatic nitrogens is 2. The predicted molar refractivity (Wildman–Crippen MR) is 63.4 cm³/mol. The van der Waals surface area contributed by atoms with Gasteiger partial charge < -0.3 is 5.32 Å². The maximum absolute atomic E-state index is 13.0. The average Bonchev–Trinajstić information content (AvgIpc) is 2.65. The third kappa shape index (κ3) is 3.06. The zero-order chi connectivity index (χ0) is 12.5. The second-order valence-corrected chi connectivity index (χ2v) is 4.76. The number of halogens is 2. The highest BCUT2D eigenvalue weighted by Crippen LogP contribution is 2.52. The van der Waals surface area contributed by atoms with E-state index in [9.17, 15) is 9.18 Å². The van der Waals surface area contributed by atoms with E-state index in [1.165, 1.54) is 6.08 Å². The number of hydrogen-bond acceptors (Lipinski definition) is 2. The van der Waals surface area contributed by atoms with Crippen molar-refractivity contribution in [2.45, 2.75) is 18.0 Å². The van der Waals surface area contributed by atoms with Gasteiger partial charge in [0.1, 0.15) is 5.82 Å². The van der Waals surface area contributed by atoms with E-state index in [2.05, 4.69) is 10.4 Å². The molecule has 17 heavy (non-hydrogen) atoms. The number of carbonyl (C=O) groups excluding carboxylic acids is 1. The highest BCUT2D eigenvalue weighted by Gasteiger charge is 2.52. The number of carbonyl (C=O) groups is 1. The van der Waals surface area contributed by atoms with E-state index in [1.807, 2.05) is 0 Å². The largest absolute Gasteiger partial charge is 0.307 e. The molecule has 1 saturated carbocycles. The number of aryl methyl sites for hydroxylation is 1. The molecule has 1 aromatic rings. The van der Waals surface area contributed by atoms with E-state index in [4.69, 9.17) is 11.6 Å². The molecule has 2 atom stereocenters. The third-order valence-corrected chi connectivity index (χ3v) is 3.18. The van der Waals surface area contributed by atoms with Gasteiger partial charge in [-0.3, -0.25) is 9.48 Å². The number of nitrogens with zero attached hydrogens (tertiary/aromatic N) is 2. The minimum Gasteiger partial charge on any atom is -0.307 e. The molecule has 2 rings (SSSR count). The lowest BCUT2D eigenvalue weighted by atomic mass is 10.2. The molecular formula is C11H13ClFN3O. The Bertz CT molecular complexity index is 455. The Labute approximate surface area is 103 Å². The molecule has 1 aliphatic rings. The van der Waals surface area contributed by atoms with Gasteiger partial charge >= 0.3 is 0 Å². The van der Waals surface area contributed by atoms with Crippen LogP contribution in [0.1, 0.15) is 12.8 Å². The standard InChI is InChI=1S/C11H13ClFN3O/c1-16-9(5-6-14-16)15-10(17)4-2-3-8-7-11(8,12)13/h2,4-6,8H,3,7H2,1H3,(H,15,17)/b4-2+. The van der Waals surface area contributed by atoms with Crippen LogP contribution in [0.2, 0.25) is 0 Å². The predicted octanol–water partition coefficient (Wildman–Crippen LogP) is 2.23. The van der Waals surface area contributed by atoms with Crippen LogP contribution in [0.4, 0.5) is 10.2 Å². The van der Waals surface area contributed by atoms with Crippen molar-refractivity contribution in [3.63, 3.8) is 0 Å². The molecular weight excluding hydrogens is 245 g/mol. The molecule has 1 N–H and O–H groups in total. The van der Waals surface area contributed by atoms with E-state index in [0.717, 1.165) is 0 Å². The van der Waals surface area contributed by atoms with Crippen molar-refractivity contribution in [2.24, 2.45) is 13.0 Å². The Morgan fingerprint density at radius 3 is 3.12 bits per heavy atom. The normalized spacial score (nSPS) is 27.4. The molecule has 6 heteroatoms. The van der Waals surface area contributed by atoms with Gasteiger partial charge in [0.05, 0.1) is 6.20 Å². The number of anilines is 1. The number of allylic oxidation sites excluding steroid dienone is 1. The first-order valence-electron chi connectivity index (χ1n) is 5.32. The van der Waals surface area contributed by atoms with E-state index in [0.29, 0.717) is 18.7 Å². The summed E-state index contributed by atoms with van der Waals surface area (Å²) in [7, 11) is 1.73. The monoisotopic (exact) mass is 257 g/mol. The van der Waals surface area contributed by atoms with Gasteiger partial charge in [0.15, 0.2) is 5.13 Å². The molecule has 0 saturated heterocycles. The lowest BCUT2D eigenvalue weighted by Crippen LogP contribution is -2.11. The second kappa shape index (κ2) is 4.49. The second-order valence-electron chi connectivity index (χ2n) is 4.13. The fourth-order valence-corrected chi connectivity index (χ4v) is 1.80. The van der Waals surface area contributed by atoms with Crippen LogP contribution in [0.25, 0.3) is 0 Å². The van der Waals surface area contributed by atoms with Gasteiger partial charge in [-0.15, -0.1) is 0 Å². The van der Waals surface area contributed by atoms with Gasteiger partial charge in [-0.25, -0.2) is 4.39 Å². The van der Waals surface area contributed by atoms with Gasteiger partial charge in [-0.2, -0.15) is 5.10 Å². The van der Waals surface area contributed by atoms with Crippen LogP contribution in [-0.2, 0) is 11.8 Å². The maximum atomic E-state index is 13.0. The molecule has 1 aliphatic carbocycles. The van der Waals surface area contributed by atoms with Crippen LogP contribution in [0.5, 0.6) is 0 Å². The van der Waals surface area contributed by atoms with E-state index < -0.39 is 5.13 Å². The third-order valence-electron chi connectivity index (χ3n) is 2.72. The van der Waals surface area contributed by atoms with Crippen LogP contribution in [0, 0.1) is 5.92 Å². The molecule has 2 unspecified atom stereocenters. The molecule has 1 amide bonds. The molecule has 0 bridgehead atoms. The molecule has 92 valence electrons. The van der Waals surface area contributed by atoms with Crippen molar-refractivity contribution in [3.05, 3.63) is 24.4 Å². The van der Waals surface area contributed by atoms with Crippen molar-refractivity contribution >= 4 is 23.3 Å². The van der Waals surface area contributed by atoms with E-state index in [-0.39, 0.29) is 11.8 Å². The molecule has 0 aliphatic heterocycles. The zero-order valence-electron chi connectivity index (χ0n) is 9.36. The summed E-state index contributed by atoms with van der Waals surface area (Å²) in [6, 6.07) is 1.69. The van der Waals surface area contributed by atoms with Crippen molar-refractivity contribution < 1.29 is 9.18 Å². The molecule has 1 fully saturated rings. The summed E-state index contributed by atoms with van der Waals surface area (Å²) in [6.07, 6.45) is 5.47. The van der Waals surface area contributed by atoms with Crippen molar-refractivity contribution in [1.29, 1.82) is 0 Å². The van der Waals surface area contributed by atoms with Crippen LogP contribution < -0.4 is 5.32 Å². The summed E-state index contributed by atoms with van der Waals surface area (Å²) < 4.78 is 14.5. The number of hydrogen-bond donors (Lipinski definition) is 1. The lowest BCUT2D eigenvalue weighted by Gasteiger charge is -2.01. The quantitative estimate of drug-likeness (QED) is 0.664. The number of alkyl halides is 2. The summed E-state index contributed by atoms with van der Waals surface area (Å²) in [4.78, 5) is 11.5. The van der Waals surface area contributed by atoms with Gasteiger partial charge in [0, 0.05) is 25.5 Å². The van der Waals surface area contributed by atoms with Gasteiger partial charge in [-0.05, 0) is 12.5 Å². The Balaban J connectivity index is 1.78. The Kier molecular flexibility index (Phi) is 3.19. The summed E-state index contributed by atoms with van der Waals surface area (Å²) in [5.74, 6) is 0.196. The highest BCUT2D eigenvalue weighted by molar-refractivity contribution is 6.25. The molecule has 1 aromatic heterocycles. The zero-order valence-corrected chi connectivity index (χ0v) is 10.1. The summed E-state index contributed by atoms with van der Waals surface area (Å²) >= 11 is 5.45. The lowest BCUT2D eigenvalue weighted by molar-refractivity contribution is -0.112. The first kappa shape index (κ1) is 12.1. The van der Waals surface area contributed by atoms with Gasteiger partial charge in [0.25, 0.3) is 0 Å². The Morgan fingerprint density at radius 1 is 1.88 bits per heavy atom. The molecule has 0 spiro atoms. The Morgan fingerprint density at radius 2 is 2.59 bits per heavy atom. The summed E-state index contributed by atoms with van der Waals surface area (Å²) in [6.45, 7) is 0. The van der Waals surface area contributed by atoms with Crippen molar-refractivity contribution in [2.75, 3.05) is 5.32 Å². The van der Waals surface area contributed by atoms with Crippen molar-refractivity contribution in [1.82, 2.24) is 9.78 Å². The minimum absolute atomic E-state index is 0.162. The summed E-state index contributed by atoms with van der Waals surface area (Å²) in [5.41, 5.74) is 0. The number of rotatable bonds is 4. The van der Waals surface area contributed by atoms with Gasteiger partial charge in [0.2, 0.25) is 5.91 Å². The van der Waals surface area contributed by atoms with Crippen LogP contribution in [0.3, 0.4) is 0 Å². The number of amides is 1. The molecule has 4 nitrogen and oxygen atoms in total. The fourth-order valence-electron chi connectivity index (χ4n) is 1.53. The molecule has 0 radical (unpaired) electrons. The van der Waals surface area contributed by atoms with Crippen LogP contribution in [0.15, 0.2) is 24.4 Å². The SMILES string of the molecule is Cn1nccc1NC(=O)/C=C/CC1CC1(F)Cl. The first-order valence-corrected chi connectivity index (χ1v) is 5.70. The topological polar surface area (TPSA) is 46.9 Å². The minimum atomic E-state index is -1.55. The van der Waals surface area contributed by atoms with Crippen LogP contribution >= 0.6 is 11.6 Å². The smallest absolute Gasteiger partial charge is 0.249 e. The first-order chi connectivity index (χ1) is 7.99. The maximum Gasteiger partial charge on any atom is 0.249 e. The van der Waals surface area contributed by atoms with E-state index in [1.54, 1.807) is 30.1 Å².